The van der Waals surface area contributed by atoms with E-state index in [9.17, 15) is 9.59 Å². The third-order valence-corrected chi connectivity index (χ3v) is 4.07. The monoisotopic (exact) mass is 284 g/mol. The van der Waals surface area contributed by atoms with E-state index in [0.29, 0.717) is 0 Å². The molecule has 116 valence electrons. The highest BCUT2D eigenvalue weighted by atomic mass is 16.5. The van der Waals surface area contributed by atoms with Gasteiger partial charge in [-0.2, -0.15) is 0 Å². The normalized spacial score (nSPS) is 18.6. The summed E-state index contributed by atoms with van der Waals surface area (Å²) in [6.45, 7) is 6.36. The molecular weight excluding hydrogens is 256 g/mol. The summed E-state index contributed by atoms with van der Waals surface area (Å²) in [4.78, 5) is 25.6. The van der Waals surface area contributed by atoms with E-state index >= 15 is 0 Å². The molecule has 1 atom stereocenters. The van der Waals surface area contributed by atoms with Gasteiger partial charge in [-0.05, 0) is 39.3 Å². The van der Waals surface area contributed by atoms with Gasteiger partial charge in [0.1, 0.15) is 6.04 Å². The topological polar surface area (TPSA) is 58.6 Å². The summed E-state index contributed by atoms with van der Waals surface area (Å²) < 4.78 is 4.76. The standard InChI is InChI=1S/C15H28N2O3/c1-4-5-6-9-16-14(18)13-7-10-17(11-8-13)12(2)15(19)20-3/h12-13H,4-11H2,1-3H3,(H,16,18). The third kappa shape index (κ3) is 5.12. The van der Waals surface area contributed by atoms with E-state index in [0.717, 1.165) is 45.3 Å². The van der Waals surface area contributed by atoms with E-state index in [1.54, 1.807) is 0 Å². The Balaban J connectivity index is 2.27. The Labute approximate surface area is 122 Å². The van der Waals surface area contributed by atoms with Gasteiger partial charge in [-0.15, -0.1) is 0 Å². The predicted octanol–water partition coefficient (Wildman–Crippen LogP) is 1.57. The molecule has 1 amide bonds. The van der Waals surface area contributed by atoms with E-state index in [2.05, 4.69) is 17.1 Å². The molecule has 5 nitrogen and oxygen atoms in total. The van der Waals surface area contributed by atoms with Crippen LogP contribution in [0.25, 0.3) is 0 Å². The van der Waals surface area contributed by atoms with Crippen LogP contribution in [0.4, 0.5) is 0 Å². The molecule has 1 N–H and O–H groups in total. The molecule has 1 saturated heterocycles. The molecule has 0 aromatic rings. The number of amides is 1. The van der Waals surface area contributed by atoms with E-state index in [-0.39, 0.29) is 23.8 Å². The Morgan fingerprint density at radius 1 is 1.30 bits per heavy atom. The number of likely N-dealkylation sites (tertiary alicyclic amines) is 1. The molecule has 0 aromatic carbocycles. The number of methoxy groups -OCH3 is 1. The van der Waals surface area contributed by atoms with E-state index < -0.39 is 0 Å². The van der Waals surface area contributed by atoms with Gasteiger partial charge < -0.3 is 10.1 Å². The zero-order valence-corrected chi connectivity index (χ0v) is 13.0. The molecule has 0 aromatic heterocycles. The average molecular weight is 284 g/mol. The number of hydrogen-bond donors (Lipinski definition) is 1. The molecule has 0 spiro atoms. The van der Waals surface area contributed by atoms with E-state index in [4.69, 9.17) is 4.74 Å². The maximum Gasteiger partial charge on any atom is 0.322 e. The highest BCUT2D eigenvalue weighted by Crippen LogP contribution is 2.19. The lowest BCUT2D eigenvalue weighted by Crippen LogP contribution is -2.47. The van der Waals surface area contributed by atoms with Gasteiger partial charge in [0.2, 0.25) is 5.91 Å². The summed E-state index contributed by atoms with van der Waals surface area (Å²) in [6.07, 6.45) is 5.03. The summed E-state index contributed by atoms with van der Waals surface area (Å²) in [5.41, 5.74) is 0. The Kier molecular flexibility index (Phi) is 7.59. The van der Waals surface area contributed by atoms with Crippen molar-refractivity contribution < 1.29 is 14.3 Å². The van der Waals surface area contributed by atoms with Crippen LogP contribution in [0.5, 0.6) is 0 Å². The van der Waals surface area contributed by atoms with Crippen molar-refractivity contribution in [1.29, 1.82) is 0 Å². The van der Waals surface area contributed by atoms with Gasteiger partial charge in [0.05, 0.1) is 7.11 Å². The number of piperidine rings is 1. The molecular formula is C15H28N2O3. The highest BCUT2D eigenvalue weighted by molar-refractivity contribution is 5.79. The number of esters is 1. The van der Waals surface area contributed by atoms with Crippen LogP contribution < -0.4 is 5.32 Å². The minimum atomic E-state index is -0.214. The number of carbonyl (C=O) groups is 2. The number of carbonyl (C=O) groups excluding carboxylic acids is 2. The zero-order chi connectivity index (χ0) is 15.0. The van der Waals surface area contributed by atoms with Crippen molar-refractivity contribution in [3.8, 4) is 0 Å². The summed E-state index contributed by atoms with van der Waals surface area (Å²) in [5.74, 6) is 0.0664. The van der Waals surface area contributed by atoms with Gasteiger partial charge in [-0.1, -0.05) is 19.8 Å². The van der Waals surface area contributed by atoms with Gasteiger partial charge in [0.25, 0.3) is 0 Å². The van der Waals surface area contributed by atoms with Crippen molar-refractivity contribution in [2.24, 2.45) is 5.92 Å². The predicted molar refractivity (Wildman–Crippen MR) is 78.3 cm³/mol. The first-order valence-electron chi connectivity index (χ1n) is 7.69. The van der Waals surface area contributed by atoms with Crippen molar-refractivity contribution >= 4 is 11.9 Å². The van der Waals surface area contributed by atoms with Gasteiger partial charge in [0, 0.05) is 12.5 Å². The van der Waals surface area contributed by atoms with Crippen LogP contribution in [0.2, 0.25) is 0 Å². The molecule has 1 unspecified atom stereocenters. The van der Waals surface area contributed by atoms with Crippen LogP contribution in [0.3, 0.4) is 0 Å². The molecule has 0 radical (unpaired) electrons. The Hall–Kier alpha value is -1.10. The first kappa shape index (κ1) is 17.0. The number of rotatable bonds is 7. The average Bonchev–Trinajstić information content (AvgIpc) is 2.50. The fraction of sp³-hybridized carbons (Fsp3) is 0.867. The fourth-order valence-corrected chi connectivity index (χ4v) is 2.60. The lowest BCUT2D eigenvalue weighted by molar-refractivity contribution is -0.147. The van der Waals surface area contributed by atoms with E-state index in [1.165, 1.54) is 13.5 Å². The SMILES string of the molecule is CCCCCNC(=O)C1CCN(C(C)C(=O)OC)CC1. The second kappa shape index (κ2) is 8.95. The van der Waals surface area contributed by atoms with E-state index in [1.807, 2.05) is 6.92 Å². The molecule has 1 aliphatic rings. The summed E-state index contributed by atoms with van der Waals surface area (Å²) in [6, 6.07) is -0.214. The first-order valence-corrected chi connectivity index (χ1v) is 7.69. The number of ether oxygens (including phenoxy) is 1. The minimum absolute atomic E-state index is 0.0951. The summed E-state index contributed by atoms with van der Waals surface area (Å²) in [5, 5.41) is 3.02. The molecule has 5 heteroatoms. The molecule has 1 heterocycles. The summed E-state index contributed by atoms with van der Waals surface area (Å²) in [7, 11) is 1.41. The van der Waals surface area contributed by atoms with Crippen molar-refractivity contribution in [3.05, 3.63) is 0 Å². The molecule has 0 bridgehead atoms. The number of hydrogen-bond acceptors (Lipinski definition) is 4. The van der Waals surface area contributed by atoms with Crippen molar-refractivity contribution in [1.82, 2.24) is 10.2 Å². The van der Waals surface area contributed by atoms with Crippen LogP contribution in [-0.4, -0.2) is 49.6 Å². The summed E-state index contributed by atoms with van der Waals surface area (Å²) >= 11 is 0. The first-order chi connectivity index (χ1) is 9.60. The maximum absolute atomic E-state index is 12.0. The Bertz CT molecular complexity index is 312. The number of unbranched alkanes of at least 4 members (excludes halogenated alkanes) is 2. The number of nitrogens with one attached hydrogen (secondary N) is 1. The second-order valence-electron chi connectivity index (χ2n) is 5.51. The van der Waals surface area contributed by atoms with Crippen molar-refractivity contribution in [2.75, 3.05) is 26.7 Å². The van der Waals surface area contributed by atoms with Crippen molar-refractivity contribution in [3.63, 3.8) is 0 Å². The molecule has 1 aliphatic heterocycles. The van der Waals surface area contributed by atoms with Crippen LogP contribution in [0.15, 0.2) is 0 Å². The van der Waals surface area contributed by atoms with Gasteiger partial charge in [-0.25, -0.2) is 0 Å². The zero-order valence-electron chi connectivity index (χ0n) is 13.0. The largest absolute Gasteiger partial charge is 0.468 e. The van der Waals surface area contributed by atoms with Gasteiger partial charge in [-0.3, -0.25) is 14.5 Å². The van der Waals surface area contributed by atoms with Crippen LogP contribution in [-0.2, 0) is 14.3 Å². The molecule has 1 fully saturated rings. The van der Waals surface area contributed by atoms with Crippen LogP contribution >= 0.6 is 0 Å². The number of nitrogens with zero attached hydrogens (tertiary/aromatic N) is 1. The molecule has 1 rings (SSSR count). The van der Waals surface area contributed by atoms with Crippen LogP contribution in [0, 0.1) is 5.92 Å². The van der Waals surface area contributed by atoms with Gasteiger partial charge >= 0.3 is 5.97 Å². The van der Waals surface area contributed by atoms with Crippen LogP contribution in [0.1, 0.15) is 46.0 Å². The fourth-order valence-electron chi connectivity index (χ4n) is 2.60. The molecule has 0 saturated carbocycles. The lowest BCUT2D eigenvalue weighted by atomic mass is 9.95. The highest BCUT2D eigenvalue weighted by Gasteiger charge is 2.29. The maximum atomic E-state index is 12.0. The minimum Gasteiger partial charge on any atom is -0.468 e. The van der Waals surface area contributed by atoms with Gasteiger partial charge in [0.15, 0.2) is 0 Å². The Morgan fingerprint density at radius 3 is 2.50 bits per heavy atom. The quantitative estimate of drug-likeness (QED) is 0.569. The third-order valence-electron chi connectivity index (χ3n) is 4.07. The molecule has 20 heavy (non-hydrogen) atoms. The lowest BCUT2D eigenvalue weighted by Gasteiger charge is -2.34. The molecule has 0 aliphatic carbocycles. The van der Waals surface area contributed by atoms with Crippen molar-refractivity contribution in [2.45, 2.75) is 52.0 Å². The second-order valence-corrected chi connectivity index (χ2v) is 5.51. The Morgan fingerprint density at radius 2 is 1.95 bits per heavy atom. The smallest absolute Gasteiger partial charge is 0.322 e.